The van der Waals surface area contributed by atoms with E-state index in [0.717, 1.165) is 56.0 Å². The fourth-order valence-corrected chi connectivity index (χ4v) is 5.53. The predicted octanol–water partition coefficient (Wildman–Crippen LogP) is 6.03. The van der Waals surface area contributed by atoms with Gasteiger partial charge in [-0.1, -0.05) is 18.2 Å². The fourth-order valence-electron chi connectivity index (χ4n) is 5.14. The van der Waals surface area contributed by atoms with E-state index in [1.165, 1.54) is 11.3 Å². The Hall–Kier alpha value is -4.23. The summed E-state index contributed by atoms with van der Waals surface area (Å²) in [6, 6.07) is 22.7. The number of hydrogen-bond acceptors (Lipinski definition) is 5. The van der Waals surface area contributed by atoms with Crippen LogP contribution in [0.1, 0.15) is 12.5 Å². The van der Waals surface area contributed by atoms with E-state index in [4.69, 9.17) is 22.2 Å². The van der Waals surface area contributed by atoms with E-state index >= 15 is 0 Å². The highest BCUT2D eigenvalue weighted by atomic mass is 32.1. The van der Waals surface area contributed by atoms with Gasteiger partial charge in [0.1, 0.15) is 0 Å². The van der Waals surface area contributed by atoms with Crippen LogP contribution in [0.3, 0.4) is 0 Å². The Labute approximate surface area is 206 Å². The highest BCUT2D eigenvalue weighted by molar-refractivity contribution is 7.80. The number of nitrogens with one attached hydrogen (secondary N) is 1. The summed E-state index contributed by atoms with van der Waals surface area (Å²) in [5.41, 5.74) is 8.33. The van der Waals surface area contributed by atoms with Crippen molar-refractivity contribution in [3.8, 4) is 0 Å². The van der Waals surface area contributed by atoms with Crippen LogP contribution in [0.2, 0.25) is 0 Å². The van der Waals surface area contributed by atoms with E-state index in [1.54, 1.807) is 12.4 Å². The summed E-state index contributed by atoms with van der Waals surface area (Å²) >= 11 is 5.83. The Bertz CT molecular complexity index is 1820. The number of para-hydroxylation sites is 1. The molecule has 0 saturated heterocycles. The molecule has 168 valence electrons. The number of nitrogens with zero attached hydrogens (tertiary/aromatic N) is 5. The van der Waals surface area contributed by atoms with Gasteiger partial charge >= 0.3 is 0 Å². The lowest BCUT2D eigenvalue weighted by atomic mass is 10.1. The molecule has 0 radical (unpaired) electrons. The zero-order valence-corrected chi connectivity index (χ0v) is 19.8. The molecule has 0 fully saturated rings. The highest BCUT2D eigenvalue weighted by Gasteiger charge is 2.28. The number of aromatic nitrogens is 4. The molecular weight excluding hydrogens is 452 g/mol. The number of rotatable bonds is 1. The number of pyridine rings is 2. The Morgan fingerprint density at radius 3 is 2.26 bits per heavy atom. The minimum Gasteiger partial charge on any atom is -0.332 e. The molecule has 7 heteroatoms. The zero-order chi connectivity index (χ0) is 23.5. The fraction of sp³-hybridized carbons (Fsp3) is 0.107. The van der Waals surface area contributed by atoms with Gasteiger partial charge in [-0.2, -0.15) is 0 Å². The van der Waals surface area contributed by atoms with Crippen molar-refractivity contribution in [1.82, 2.24) is 19.9 Å². The van der Waals surface area contributed by atoms with Gasteiger partial charge in [-0.05, 0) is 79.7 Å². The van der Waals surface area contributed by atoms with Gasteiger partial charge in [0, 0.05) is 40.6 Å². The molecule has 7 rings (SSSR count). The third-order valence-electron chi connectivity index (χ3n) is 6.69. The smallest absolute Gasteiger partial charge is 0.178 e. The molecule has 1 atom stereocenters. The van der Waals surface area contributed by atoms with Crippen LogP contribution in [0.4, 0.5) is 11.4 Å². The maximum atomic E-state index is 5.83. The highest BCUT2D eigenvalue weighted by Crippen LogP contribution is 2.34. The first kappa shape index (κ1) is 20.2. The molecule has 4 heterocycles. The lowest BCUT2D eigenvalue weighted by Crippen LogP contribution is -2.38. The van der Waals surface area contributed by atoms with Crippen LogP contribution in [0.15, 0.2) is 79.1 Å². The predicted molar refractivity (Wildman–Crippen MR) is 146 cm³/mol. The molecule has 3 aromatic heterocycles. The second kappa shape index (κ2) is 7.65. The SMILES string of the molecule is C[C@H]1Cc2ccccc2N1C(=S)Nc1ccc2nc3c4cccnc4c4ncccc4c3nc2c1. The van der Waals surface area contributed by atoms with Crippen molar-refractivity contribution in [3.63, 3.8) is 0 Å². The van der Waals surface area contributed by atoms with Crippen LogP contribution in [0, 0.1) is 0 Å². The van der Waals surface area contributed by atoms with Crippen LogP contribution in [-0.4, -0.2) is 31.1 Å². The van der Waals surface area contributed by atoms with Gasteiger partial charge in [0.25, 0.3) is 0 Å². The van der Waals surface area contributed by atoms with E-state index in [2.05, 4.69) is 51.4 Å². The Balaban J connectivity index is 1.34. The van der Waals surface area contributed by atoms with E-state index in [1.807, 2.05) is 42.5 Å². The van der Waals surface area contributed by atoms with Gasteiger partial charge in [0.05, 0.1) is 33.1 Å². The van der Waals surface area contributed by atoms with Crippen LogP contribution >= 0.6 is 12.2 Å². The minimum atomic E-state index is 0.303. The van der Waals surface area contributed by atoms with Gasteiger partial charge in [-0.25, -0.2) is 9.97 Å². The molecule has 0 spiro atoms. The first-order valence-electron chi connectivity index (χ1n) is 11.6. The summed E-state index contributed by atoms with van der Waals surface area (Å²) in [7, 11) is 0. The van der Waals surface area contributed by atoms with Crippen LogP contribution < -0.4 is 10.2 Å². The molecule has 0 unspecified atom stereocenters. The maximum Gasteiger partial charge on any atom is 0.178 e. The zero-order valence-electron chi connectivity index (χ0n) is 18.9. The summed E-state index contributed by atoms with van der Waals surface area (Å²) in [5, 5.41) is 6.01. The summed E-state index contributed by atoms with van der Waals surface area (Å²) < 4.78 is 0. The summed E-state index contributed by atoms with van der Waals surface area (Å²) in [4.78, 5) is 21.4. The third-order valence-corrected chi connectivity index (χ3v) is 6.99. The van der Waals surface area contributed by atoms with Gasteiger partial charge in [0.2, 0.25) is 0 Å². The summed E-state index contributed by atoms with van der Waals surface area (Å²) in [6.07, 6.45) is 4.56. The van der Waals surface area contributed by atoms with E-state index in [9.17, 15) is 0 Å². The number of benzene rings is 3. The second-order valence-electron chi connectivity index (χ2n) is 8.91. The van der Waals surface area contributed by atoms with Gasteiger partial charge in [-0.15, -0.1) is 0 Å². The van der Waals surface area contributed by atoms with E-state index in [0.29, 0.717) is 11.2 Å². The molecule has 35 heavy (non-hydrogen) atoms. The average Bonchev–Trinajstić information content (AvgIpc) is 3.23. The Kier molecular flexibility index (Phi) is 4.41. The molecule has 0 amide bonds. The van der Waals surface area contributed by atoms with Crippen LogP contribution in [-0.2, 0) is 6.42 Å². The average molecular weight is 473 g/mol. The molecular formula is C28H20N6S. The van der Waals surface area contributed by atoms with Gasteiger partial charge in [-0.3, -0.25) is 9.97 Å². The molecule has 6 nitrogen and oxygen atoms in total. The molecule has 3 aromatic carbocycles. The van der Waals surface area contributed by atoms with Crippen LogP contribution in [0.5, 0.6) is 0 Å². The number of fused-ring (bicyclic) bond motifs is 8. The van der Waals surface area contributed by atoms with Crippen LogP contribution in [0.25, 0.3) is 43.9 Å². The maximum absolute atomic E-state index is 5.83. The van der Waals surface area contributed by atoms with Crippen molar-refractivity contribution < 1.29 is 0 Å². The van der Waals surface area contributed by atoms with E-state index in [-0.39, 0.29) is 0 Å². The lowest BCUT2D eigenvalue weighted by molar-refractivity contribution is 0.776. The lowest BCUT2D eigenvalue weighted by Gasteiger charge is -2.26. The number of thiocarbonyl (C=S) groups is 1. The van der Waals surface area contributed by atoms with E-state index < -0.39 is 0 Å². The number of anilines is 2. The van der Waals surface area contributed by atoms with Gasteiger partial charge < -0.3 is 10.2 Å². The topological polar surface area (TPSA) is 66.8 Å². The van der Waals surface area contributed by atoms with Crippen molar-refractivity contribution in [1.29, 1.82) is 0 Å². The normalized spacial score (nSPS) is 15.2. The molecule has 1 aliphatic rings. The monoisotopic (exact) mass is 472 g/mol. The number of hydrogen-bond donors (Lipinski definition) is 1. The minimum absolute atomic E-state index is 0.303. The molecule has 1 aliphatic heterocycles. The molecule has 0 saturated carbocycles. The largest absolute Gasteiger partial charge is 0.332 e. The summed E-state index contributed by atoms with van der Waals surface area (Å²) in [5.74, 6) is 0. The van der Waals surface area contributed by atoms with Crippen molar-refractivity contribution >= 4 is 72.6 Å². The molecule has 6 aromatic rings. The molecule has 0 aliphatic carbocycles. The molecule has 1 N–H and O–H groups in total. The quantitative estimate of drug-likeness (QED) is 0.178. The first-order valence-corrected chi connectivity index (χ1v) is 12.0. The Morgan fingerprint density at radius 2 is 1.51 bits per heavy atom. The summed E-state index contributed by atoms with van der Waals surface area (Å²) in [6.45, 7) is 2.20. The van der Waals surface area contributed by atoms with Crippen molar-refractivity contribution in [2.24, 2.45) is 0 Å². The second-order valence-corrected chi connectivity index (χ2v) is 9.29. The molecule has 0 bridgehead atoms. The van der Waals surface area contributed by atoms with Crippen molar-refractivity contribution in [2.45, 2.75) is 19.4 Å². The van der Waals surface area contributed by atoms with Crippen molar-refractivity contribution in [3.05, 3.63) is 84.7 Å². The standard InChI is InChI=1S/C28H20N6S/c1-16-14-17-6-2-3-9-23(17)34(16)28(35)31-18-10-11-21-22(15-18)33-27-20-8-5-13-30-25(20)24-19(26(27)32-21)7-4-12-29-24/h2-13,15-16H,14H2,1H3,(H,31,35)/t16-/m0/s1. The van der Waals surface area contributed by atoms with Gasteiger partial charge in [0.15, 0.2) is 5.11 Å². The first-order chi connectivity index (χ1) is 17.2. The Morgan fingerprint density at radius 1 is 0.829 bits per heavy atom. The van der Waals surface area contributed by atoms with Crippen molar-refractivity contribution in [2.75, 3.05) is 10.2 Å². The third kappa shape index (κ3) is 3.12.